The molecule has 2 aliphatic carbocycles. The molecule has 0 spiro atoms. The first kappa shape index (κ1) is 7.39. The lowest BCUT2D eigenvalue weighted by Gasteiger charge is -2.22. The van der Waals surface area contributed by atoms with Crippen molar-refractivity contribution in [2.45, 2.75) is 13.8 Å². The highest BCUT2D eigenvalue weighted by molar-refractivity contribution is 5.46. The van der Waals surface area contributed by atoms with Gasteiger partial charge in [-0.3, -0.25) is 0 Å². The fourth-order valence-corrected chi connectivity index (χ4v) is 1.84. The molecule has 0 aromatic heterocycles. The van der Waals surface area contributed by atoms with Gasteiger partial charge in [-0.05, 0) is 19.9 Å². The molecule has 0 heterocycles. The Morgan fingerprint density at radius 2 is 1.92 bits per heavy atom. The molecule has 0 aliphatic heterocycles. The molecule has 2 aliphatic rings. The Kier molecular flexibility index (Phi) is 1.64. The van der Waals surface area contributed by atoms with Crippen LogP contribution in [0.2, 0.25) is 0 Å². The molecule has 0 saturated carbocycles. The van der Waals surface area contributed by atoms with Crippen LogP contribution in [0.5, 0.6) is 0 Å². The SMILES string of the molecule is CC1=CC=C=C2C=CC=C(C)C21. The van der Waals surface area contributed by atoms with Crippen LogP contribution in [0, 0.1) is 5.92 Å². The van der Waals surface area contributed by atoms with Crippen LogP contribution in [0.15, 0.2) is 52.8 Å². The standard InChI is InChI=1S/C12H12/c1-9-5-3-7-11-8-4-6-10(2)12(9)11/h3-7,12H,1-2H3. The minimum Gasteiger partial charge on any atom is -0.116 e. The van der Waals surface area contributed by atoms with Crippen molar-refractivity contribution in [3.8, 4) is 0 Å². The third-order valence-electron chi connectivity index (χ3n) is 2.45. The molecule has 12 heavy (non-hydrogen) atoms. The molecule has 1 atom stereocenters. The second-order valence-corrected chi connectivity index (χ2v) is 3.38. The third-order valence-corrected chi connectivity index (χ3v) is 2.45. The molecule has 0 aromatic rings. The Balaban J connectivity index is 2.53. The molecule has 60 valence electrons. The minimum absolute atomic E-state index is 0.500. The average Bonchev–Trinajstić information content (AvgIpc) is 2.04. The van der Waals surface area contributed by atoms with Crippen molar-refractivity contribution in [1.82, 2.24) is 0 Å². The predicted molar refractivity (Wildman–Crippen MR) is 51.7 cm³/mol. The summed E-state index contributed by atoms with van der Waals surface area (Å²) in [5.74, 6) is 0.500. The second kappa shape index (κ2) is 2.66. The van der Waals surface area contributed by atoms with Gasteiger partial charge in [0.1, 0.15) is 0 Å². The maximum absolute atomic E-state index is 3.27. The lowest BCUT2D eigenvalue weighted by Crippen LogP contribution is -2.09. The predicted octanol–water partition coefficient (Wildman–Crippen LogP) is 3.16. The second-order valence-electron chi connectivity index (χ2n) is 3.38. The van der Waals surface area contributed by atoms with Crippen molar-refractivity contribution in [3.05, 3.63) is 52.8 Å². The summed E-state index contributed by atoms with van der Waals surface area (Å²) in [6.45, 7) is 4.36. The summed E-state index contributed by atoms with van der Waals surface area (Å²) in [6, 6.07) is 0. The molecule has 0 N–H and O–H groups in total. The third kappa shape index (κ3) is 1.01. The van der Waals surface area contributed by atoms with Crippen LogP contribution in [-0.4, -0.2) is 0 Å². The van der Waals surface area contributed by atoms with Gasteiger partial charge in [-0.25, -0.2) is 0 Å². The molecule has 2 rings (SSSR count). The van der Waals surface area contributed by atoms with E-state index in [1.54, 1.807) is 0 Å². The zero-order valence-corrected chi connectivity index (χ0v) is 7.46. The lowest BCUT2D eigenvalue weighted by molar-refractivity contribution is 0.840. The summed E-state index contributed by atoms with van der Waals surface area (Å²) in [4.78, 5) is 0. The van der Waals surface area contributed by atoms with Crippen molar-refractivity contribution >= 4 is 0 Å². The van der Waals surface area contributed by atoms with Gasteiger partial charge in [-0.1, -0.05) is 35.5 Å². The van der Waals surface area contributed by atoms with Crippen LogP contribution >= 0.6 is 0 Å². The fraction of sp³-hybridized carbons (Fsp3) is 0.250. The first-order valence-electron chi connectivity index (χ1n) is 4.27. The van der Waals surface area contributed by atoms with Gasteiger partial charge in [0.15, 0.2) is 0 Å². The molecule has 0 heteroatoms. The van der Waals surface area contributed by atoms with Gasteiger partial charge in [0.2, 0.25) is 0 Å². The van der Waals surface area contributed by atoms with Gasteiger partial charge >= 0.3 is 0 Å². The van der Waals surface area contributed by atoms with Crippen molar-refractivity contribution in [3.63, 3.8) is 0 Å². The van der Waals surface area contributed by atoms with E-state index in [0.717, 1.165) is 0 Å². The van der Waals surface area contributed by atoms with Gasteiger partial charge in [0, 0.05) is 11.5 Å². The quantitative estimate of drug-likeness (QED) is 0.472. The molecule has 0 saturated heterocycles. The molecule has 0 aromatic carbocycles. The molecular weight excluding hydrogens is 144 g/mol. The topological polar surface area (TPSA) is 0 Å². The molecule has 0 amide bonds. The maximum atomic E-state index is 3.27. The van der Waals surface area contributed by atoms with E-state index in [1.165, 1.54) is 16.7 Å². The number of rotatable bonds is 0. The first-order valence-corrected chi connectivity index (χ1v) is 4.27. The zero-order chi connectivity index (χ0) is 8.55. The molecule has 0 bridgehead atoms. The summed E-state index contributed by atoms with van der Waals surface area (Å²) >= 11 is 0. The Labute approximate surface area is 73.3 Å². The van der Waals surface area contributed by atoms with E-state index in [0.29, 0.717) is 5.92 Å². The number of allylic oxidation sites excluding steroid dienone is 7. The lowest BCUT2D eigenvalue weighted by atomic mass is 9.81. The van der Waals surface area contributed by atoms with Gasteiger partial charge in [-0.15, -0.1) is 5.73 Å². The number of fused-ring (bicyclic) bond motifs is 1. The smallest absolute Gasteiger partial charge is 0.0332 e. The normalized spacial score (nSPS) is 25.8. The fourth-order valence-electron chi connectivity index (χ4n) is 1.84. The molecule has 0 nitrogen and oxygen atoms in total. The van der Waals surface area contributed by atoms with Gasteiger partial charge in [-0.2, -0.15) is 0 Å². The molecule has 1 unspecified atom stereocenters. The zero-order valence-electron chi connectivity index (χ0n) is 7.46. The Bertz CT molecular complexity index is 355. The summed E-state index contributed by atoms with van der Waals surface area (Å²) in [7, 11) is 0. The highest BCUT2D eigenvalue weighted by Gasteiger charge is 2.19. The highest BCUT2D eigenvalue weighted by Crippen LogP contribution is 2.32. The maximum Gasteiger partial charge on any atom is 0.0332 e. The number of hydrogen-bond donors (Lipinski definition) is 0. The van der Waals surface area contributed by atoms with E-state index in [2.05, 4.69) is 43.9 Å². The monoisotopic (exact) mass is 156 g/mol. The summed E-state index contributed by atoms with van der Waals surface area (Å²) in [6.07, 6.45) is 10.6. The summed E-state index contributed by atoms with van der Waals surface area (Å²) in [5.41, 5.74) is 7.41. The Morgan fingerprint density at radius 3 is 2.67 bits per heavy atom. The van der Waals surface area contributed by atoms with Crippen LogP contribution in [0.3, 0.4) is 0 Å². The van der Waals surface area contributed by atoms with Crippen molar-refractivity contribution in [2.24, 2.45) is 5.92 Å². The van der Waals surface area contributed by atoms with Crippen molar-refractivity contribution < 1.29 is 0 Å². The van der Waals surface area contributed by atoms with Gasteiger partial charge < -0.3 is 0 Å². The van der Waals surface area contributed by atoms with Crippen molar-refractivity contribution in [2.75, 3.05) is 0 Å². The highest BCUT2D eigenvalue weighted by atomic mass is 14.2. The van der Waals surface area contributed by atoms with E-state index in [9.17, 15) is 0 Å². The van der Waals surface area contributed by atoms with E-state index in [1.807, 2.05) is 6.08 Å². The summed E-state index contributed by atoms with van der Waals surface area (Å²) in [5, 5.41) is 0. The Hall–Kier alpha value is -1.26. The van der Waals surface area contributed by atoms with Crippen LogP contribution in [0.4, 0.5) is 0 Å². The minimum atomic E-state index is 0.500. The molecular formula is C12H12. The first-order chi connectivity index (χ1) is 5.79. The van der Waals surface area contributed by atoms with E-state index < -0.39 is 0 Å². The van der Waals surface area contributed by atoms with Crippen LogP contribution in [-0.2, 0) is 0 Å². The molecule has 0 fully saturated rings. The number of hydrogen-bond acceptors (Lipinski definition) is 0. The van der Waals surface area contributed by atoms with Gasteiger partial charge in [0.25, 0.3) is 0 Å². The summed E-state index contributed by atoms with van der Waals surface area (Å²) < 4.78 is 0. The van der Waals surface area contributed by atoms with E-state index in [-0.39, 0.29) is 0 Å². The van der Waals surface area contributed by atoms with E-state index >= 15 is 0 Å². The van der Waals surface area contributed by atoms with Gasteiger partial charge in [0.05, 0.1) is 0 Å². The molecule has 0 radical (unpaired) electrons. The van der Waals surface area contributed by atoms with E-state index in [4.69, 9.17) is 0 Å². The van der Waals surface area contributed by atoms with Crippen molar-refractivity contribution in [1.29, 1.82) is 0 Å². The average molecular weight is 156 g/mol. The van der Waals surface area contributed by atoms with Crippen LogP contribution in [0.1, 0.15) is 13.8 Å². The largest absolute Gasteiger partial charge is 0.116 e. The van der Waals surface area contributed by atoms with Crippen LogP contribution < -0.4 is 0 Å². The Morgan fingerprint density at radius 1 is 1.17 bits per heavy atom. The van der Waals surface area contributed by atoms with Crippen LogP contribution in [0.25, 0.3) is 0 Å².